The van der Waals surface area contributed by atoms with E-state index in [1.165, 1.54) is 0 Å². The molecule has 184 valence electrons. The molecule has 0 spiro atoms. The summed E-state index contributed by atoms with van der Waals surface area (Å²) in [5.41, 5.74) is -0.431. The number of fused-ring (bicyclic) bond motifs is 1. The lowest BCUT2D eigenvalue weighted by Crippen LogP contribution is -2.75. The van der Waals surface area contributed by atoms with Gasteiger partial charge in [0.1, 0.15) is 11.5 Å². The van der Waals surface area contributed by atoms with Crippen LogP contribution in [0.2, 0.25) is 0 Å². The number of benzene rings is 2. The maximum Gasteiger partial charge on any atom is 0.127 e. The molecule has 0 aromatic heterocycles. The fourth-order valence-corrected chi connectivity index (χ4v) is 5.84. The number of aliphatic hydroxyl groups is 3. The monoisotopic (exact) mass is 467 g/mol. The number of hydrogen-bond donors (Lipinski definition) is 3. The van der Waals surface area contributed by atoms with Crippen molar-refractivity contribution in [3.8, 4) is 11.5 Å². The Morgan fingerprint density at radius 1 is 1.06 bits per heavy atom. The zero-order valence-corrected chi connectivity index (χ0v) is 20.5. The van der Waals surface area contributed by atoms with Crippen LogP contribution in [0.4, 0.5) is 5.69 Å². The van der Waals surface area contributed by atoms with Crippen LogP contribution in [0.25, 0.3) is 0 Å². The lowest BCUT2D eigenvalue weighted by molar-refractivity contribution is -0.232. The molecule has 6 atom stereocenters. The molecule has 0 unspecified atom stereocenters. The first kappa shape index (κ1) is 24.7. The minimum atomic E-state index is -1.31. The van der Waals surface area contributed by atoms with E-state index < -0.39 is 29.3 Å². The maximum atomic E-state index is 12.0. The highest BCUT2D eigenvalue weighted by Crippen LogP contribution is 2.50. The van der Waals surface area contributed by atoms with Crippen molar-refractivity contribution in [3.05, 3.63) is 66.2 Å². The Bertz CT molecular complexity index is 986. The van der Waals surface area contributed by atoms with Gasteiger partial charge in [-0.2, -0.15) is 0 Å². The summed E-state index contributed by atoms with van der Waals surface area (Å²) in [5.74, 6) is 0.874. The van der Waals surface area contributed by atoms with Crippen LogP contribution in [0.3, 0.4) is 0 Å². The van der Waals surface area contributed by atoms with Gasteiger partial charge >= 0.3 is 0 Å². The number of anilines is 1. The highest BCUT2D eigenvalue weighted by atomic mass is 16.5. The summed E-state index contributed by atoms with van der Waals surface area (Å²) in [7, 11) is 1.54. The molecule has 1 aliphatic carbocycles. The largest absolute Gasteiger partial charge is 0.457 e. The number of nitrogens with zero attached hydrogens (tertiary/aromatic N) is 1. The maximum absolute atomic E-state index is 12.0. The molecule has 2 fully saturated rings. The molecule has 2 aromatic carbocycles. The van der Waals surface area contributed by atoms with Crippen molar-refractivity contribution in [2.75, 3.05) is 18.6 Å². The third kappa shape index (κ3) is 4.73. The zero-order chi connectivity index (χ0) is 24.5. The fourth-order valence-electron chi connectivity index (χ4n) is 5.84. The first-order valence-electron chi connectivity index (χ1n) is 12.0. The van der Waals surface area contributed by atoms with Crippen LogP contribution in [-0.2, 0) is 4.74 Å². The van der Waals surface area contributed by atoms with Gasteiger partial charge in [0.2, 0.25) is 0 Å². The van der Waals surface area contributed by atoms with Crippen LogP contribution >= 0.6 is 0 Å². The zero-order valence-electron chi connectivity index (χ0n) is 20.5. The molecule has 0 radical (unpaired) electrons. The van der Waals surface area contributed by atoms with Crippen molar-refractivity contribution in [2.45, 2.75) is 69.5 Å². The minimum absolute atomic E-state index is 0.309. The fraction of sp³-hybridized carbons (Fsp3) is 0.500. The molecule has 1 saturated heterocycles. The Morgan fingerprint density at radius 3 is 2.32 bits per heavy atom. The molecule has 1 saturated carbocycles. The number of β-amino-alcohol motifs (C(OH)–C–C–N with tert-alkyl or cyclic N) is 1. The molecule has 1 aliphatic heterocycles. The van der Waals surface area contributed by atoms with Crippen LogP contribution in [0.5, 0.6) is 11.5 Å². The molecule has 0 bridgehead atoms. The standard InChI is InChI=1S/C28H37NO5/c1-19(2)10-15-24-27(3,31)26-25(33-4)23(30)16-17-28(26,32)18-29(24)20-11-13-22(14-12-20)34-21-8-6-5-7-9-21/h5-14,23-26,30-32H,15-18H2,1-4H3/t23-,24+,25-,26-,27+,28+/m1/s1. The normalized spacial score (nSPS) is 33.2. The third-order valence-electron chi connectivity index (χ3n) is 7.45. The van der Waals surface area contributed by atoms with Gasteiger partial charge in [-0.3, -0.25) is 0 Å². The lowest BCUT2D eigenvalue weighted by atomic mass is 9.59. The van der Waals surface area contributed by atoms with Gasteiger partial charge in [0.05, 0.1) is 29.5 Å². The van der Waals surface area contributed by atoms with E-state index in [1.807, 2.05) is 68.4 Å². The quantitative estimate of drug-likeness (QED) is 0.550. The number of rotatable bonds is 6. The smallest absolute Gasteiger partial charge is 0.127 e. The van der Waals surface area contributed by atoms with Crippen LogP contribution in [0.15, 0.2) is 66.2 Å². The van der Waals surface area contributed by atoms with Crippen LogP contribution < -0.4 is 9.64 Å². The molecule has 0 amide bonds. The average Bonchev–Trinajstić information content (AvgIpc) is 2.80. The molecule has 6 nitrogen and oxygen atoms in total. The number of ether oxygens (including phenoxy) is 2. The van der Waals surface area contributed by atoms with E-state index in [-0.39, 0.29) is 6.04 Å². The van der Waals surface area contributed by atoms with Gasteiger partial charge in [-0.25, -0.2) is 0 Å². The van der Waals surface area contributed by atoms with Gasteiger partial charge in [-0.1, -0.05) is 29.8 Å². The number of aliphatic hydroxyl groups excluding tert-OH is 1. The topological polar surface area (TPSA) is 82.4 Å². The Hall–Kier alpha value is -2.38. The van der Waals surface area contributed by atoms with Crippen LogP contribution in [0, 0.1) is 5.92 Å². The number of piperidine rings is 1. The number of hydrogen-bond acceptors (Lipinski definition) is 6. The van der Waals surface area contributed by atoms with E-state index in [0.717, 1.165) is 22.8 Å². The molecule has 3 N–H and O–H groups in total. The molecule has 2 aromatic rings. The summed E-state index contributed by atoms with van der Waals surface area (Å²) in [6.45, 7) is 6.20. The summed E-state index contributed by atoms with van der Waals surface area (Å²) in [6, 6.07) is 17.1. The van der Waals surface area contributed by atoms with Crippen LogP contribution in [0.1, 0.15) is 40.0 Å². The van der Waals surface area contributed by atoms with Gasteiger partial charge in [0.25, 0.3) is 0 Å². The number of methoxy groups -OCH3 is 1. The van der Waals surface area contributed by atoms with Gasteiger partial charge in [0, 0.05) is 25.3 Å². The summed E-state index contributed by atoms with van der Waals surface area (Å²) in [4.78, 5) is 2.10. The predicted molar refractivity (Wildman–Crippen MR) is 133 cm³/mol. The molecule has 6 heteroatoms. The Kier molecular flexibility index (Phi) is 7.06. The Labute approximate surface area is 202 Å². The number of allylic oxidation sites excluding steroid dienone is 1. The predicted octanol–water partition coefficient (Wildman–Crippen LogP) is 4.29. The number of para-hydroxylation sites is 1. The van der Waals surface area contributed by atoms with E-state index >= 15 is 0 Å². The van der Waals surface area contributed by atoms with E-state index in [2.05, 4.69) is 11.0 Å². The van der Waals surface area contributed by atoms with Gasteiger partial charge < -0.3 is 29.7 Å². The highest BCUT2D eigenvalue weighted by Gasteiger charge is 2.63. The Morgan fingerprint density at radius 2 is 1.71 bits per heavy atom. The SMILES string of the molecule is CO[C@@H]1[C@H](O)CC[C@]2(O)CN(c3ccc(Oc4ccccc4)cc3)[C@@H](CC=C(C)C)[C@](C)(O)[C@@H]12. The van der Waals surface area contributed by atoms with Crippen molar-refractivity contribution in [2.24, 2.45) is 5.92 Å². The molecule has 4 rings (SSSR count). The molecular formula is C28H37NO5. The molecule has 34 heavy (non-hydrogen) atoms. The second kappa shape index (κ2) is 9.70. The van der Waals surface area contributed by atoms with Crippen molar-refractivity contribution in [1.29, 1.82) is 0 Å². The summed E-state index contributed by atoms with van der Waals surface area (Å²) in [6.07, 6.45) is 2.20. The summed E-state index contributed by atoms with van der Waals surface area (Å²) < 4.78 is 11.6. The molecule has 2 aliphatic rings. The summed E-state index contributed by atoms with van der Waals surface area (Å²) >= 11 is 0. The second-order valence-corrected chi connectivity index (χ2v) is 10.2. The first-order chi connectivity index (χ1) is 16.2. The van der Waals surface area contributed by atoms with Gasteiger partial charge in [0.15, 0.2) is 0 Å². The van der Waals surface area contributed by atoms with Gasteiger partial charge in [-0.15, -0.1) is 0 Å². The third-order valence-corrected chi connectivity index (χ3v) is 7.45. The molecular weight excluding hydrogens is 430 g/mol. The highest BCUT2D eigenvalue weighted by molar-refractivity contribution is 5.53. The molecule has 1 heterocycles. The van der Waals surface area contributed by atoms with Crippen molar-refractivity contribution < 1.29 is 24.8 Å². The van der Waals surface area contributed by atoms with E-state index in [0.29, 0.717) is 25.8 Å². The van der Waals surface area contributed by atoms with Gasteiger partial charge in [-0.05, 0) is 76.4 Å². The summed E-state index contributed by atoms with van der Waals surface area (Å²) in [5, 5.41) is 34.4. The van der Waals surface area contributed by atoms with Crippen molar-refractivity contribution >= 4 is 5.69 Å². The lowest BCUT2D eigenvalue weighted by Gasteiger charge is -2.61. The minimum Gasteiger partial charge on any atom is -0.457 e. The van der Waals surface area contributed by atoms with E-state index in [4.69, 9.17) is 9.47 Å². The van der Waals surface area contributed by atoms with E-state index in [9.17, 15) is 15.3 Å². The average molecular weight is 468 g/mol. The van der Waals surface area contributed by atoms with Crippen molar-refractivity contribution in [3.63, 3.8) is 0 Å². The van der Waals surface area contributed by atoms with E-state index in [1.54, 1.807) is 14.0 Å². The first-order valence-corrected chi connectivity index (χ1v) is 12.0. The van der Waals surface area contributed by atoms with Crippen molar-refractivity contribution in [1.82, 2.24) is 0 Å². The van der Waals surface area contributed by atoms with Crippen LogP contribution in [-0.4, -0.2) is 58.4 Å². The second-order valence-electron chi connectivity index (χ2n) is 10.2. The Balaban J connectivity index is 1.68.